The lowest BCUT2D eigenvalue weighted by atomic mass is 10.1. The van der Waals surface area contributed by atoms with Crippen molar-refractivity contribution < 1.29 is 13.2 Å². The monoisotopic (exact) mass is 364 g/mol. The first kappa shape index (κ1) is 16.4. The van der Waals surface area contributed by atoms with Gasteiger partial charge in [-0.15, -0.1) is 0 Å². The Morgan fingerprint density at radius 1 is 1.32 bits per heavy atom. The number of nitrogens with zero attached hydrogens (tertiary/aromatic N) is 5. The Morgan fingerprint density at radius 3 is 2.84 bits per heavy atom. The molecular formula is C15H20N6O3S. The van der Waals surface area contributed by atoms with Gasteiger partial charge in [-0.2, -0.15) is 18.0 Å². The van der Waals surface area contributed by atoms with Gasteiger partial charge in [0, 0.05) is 45.0 Å². The number of hydrogen-bond donors (Lipinski definition) is 1. The number of fused-ring (bicyclic) bond motifs is 1. The van der Waals surface area contributed by atoms with Gasteiger partial charge in [0.05, 0.1) is 18.9 Å². The summed E-state index contributed by atoms with van der Waals surface area (Å²) in [6.07, 6.45) is 4.47. The largest absolute Gasteiger partial charge is 0.378 e. The lowest BCUT2D eigenvalue weighted by Gasteiger charge is -2.36. The van der Waals surface area contributed by atoms with Gasteiger partial charge in [-0.05, 0) is 18.1 Å². The van der Waals surface area contributed by atoms with Crippen molar-refractivity contribution in [2.24, 2.45) is 0 Å². The van der Waals surface area contributed by atoms with Crippen molar-refractivity contribution in [2.45, 2.75) is 19.0 Å². The maximum atomic E-state index is 12.8. The van der Waals surface area contributed by atoms with Gasteiger partial charge in [-0.25, -0.2) is 4.98 Å². The summed E-state index contributed by atoms with van der Waals surface area (Å²) >= 11 is 0. The van der Waals surface area contributed by atoms with Gasteiger partial charge >= 0.3 is 10.2 Å². The van der Waals surface area contributed by atoms with Gasteiger partial charge in [0.1, 0.15) is 0 Å². The van der Waals surface area contributed by atoms with E-state index in [1.165, 1.54) is 4.31 Å². The van der Waals surface area contributed by atoms with Crippen LogP contribution in [-0.2, 0) is 21.5 Å². The van der Waals surface area contributed by atoms with Crippen LogP contribution >= 0.6 is 0 Å². The predicted octanol–water partition coefficient (Wildman–Crippen LogP) is -0.0541. The van der Waals surface area contributed by atoms with Crippen LogP contribution in [0.2, 0.25) is 0 Å². The van der Waals surface area contributed by atoms with E-state index in [0.717, 1.165) is 5.56 Å². The fourth-order valence-corrected chi connectivity index (χ4v) is 5.05. The van der Waals surface area contributed by atoms with Gasteiger partial charge in [0.2, 0.25) is 0 Å². The highest BCUT2D eigenvalue weighted by Gasteiger charge is 2.39. The number of morpholine rings is 1. The van der Waals surface area contributed by atoms with Crippen LogP contribution in [0.1, 0.15) is 12.0 Å². The molecule has 25 heavy (non-hydrogen) atoms. The molecule has 3 aliphatic rings. The summed E-state index contributed by atoms with van der Waals surface area (Å²) in [6.45, 7) is 3.92. The molecule has 0 radical (unpaired) electrons. The third-order valence-corrected chi connectivity index (χ3v) is 6.41. The van der Waals surface area contributed by atoms with Crippen LogP contribution in [0.4, 0.5) is 11.5 Å². The molecule has 0 unspecified atom stereocenters. The Balaban J connectivity index is 1.64. The lowest BCUT2D eigenvalue weighted by Crippen LogP contribution is -2.47. The van der Waals surface area contributed by atoms with Crippen LogP contribution in [0.25, 0.3) is 0 Å². The van der Waals surface area contributed by atoms with Crippen molar-refractivity contribution in [3.8, 4) is 6.19 Å². The average Bonchev–Trinajstić information content (AvgIpc) is 3.09. The van der Waals surface area contributed by atoms with Gasteiger partial charge < -0.3 is 14.5 Å². The zero-order valence-electron chi connectivity index (χ0n) is 13.8. The Kier molecular flexibility index (Phi) is 4.15. The molecule has 10 heteroatoms. The molecule has 1 aromatic heterocycles. The second-order valence-corrected chi connectivity index (χ2v) is 8.03. The zero-order valence-corrected chi connectivity index (χ0v) is 14.6. The van der Waals surface area contributed by atoms with E-state index in [1.807, 2.05) is 11.0 Å². The maximum absolute atomic E-state index is 12.8. The standard InChI is InChI=1S/C15H20N6O3S/c16-11-19-4-2-13(10-19)21-9-12-1-3-17-15(14(12)18-25(21,22)23)20-5-7-24-8-6-20/h1,3,13,18H,2,4-10H2/t13-/m1/s1. The zero-order chi connectivity index (χ0) is 17.4. The number of aromatic nitrogens is 1. The molecule has 0 bridgehead atoms. The normalized spacial score (nSPS) is 26.0. The van der Waals surface area contributed by atoms with E-state index in [9.17, 15) is 8.42 Å². The summed E-state index contributed by atoms with van der Waals surface area (Å²) < 4.78 is 35.2. The number of pyridine rings is 1. The minimum atomic E-state index is -3.66. The summed E-state index contributed by atoms with van der Waals surface area (Å²) in [7, 11) is -3.66. The molecule has 1 aromatic rings. The Bertz CT molecular complexity index is 802. The van der Waals surface area contributed by atoms with Crippen molar-refractivity contribution in [2.75, 3.05) is 49.0 Å². The average molecular weight is 364 g/mol. The topological polar surface area (TPSA) is 102 Å². The van der Waals surface area contributed by atoms with Crippen LogP contribution < -0.4 is 9.62 Å². The van der Waals surface area contributed by atoms with E-state index in [2.05, 4.69) is 15.9 Å². The lowest BCUT2D eigenvalue weighted by molar-refractivity contribution is 0.122. The highest BCUT2D eigenvalue weighted by molar-refractivity contribution is 7.90. The van der Waals surface area contributed by atoms with E-state index in [4.69, 9.17) is 10.00 Å². The maximum Gasteiger partial charge on any atom is 0.302 e. The van der Waals surface area contributed by atoms with Crippen LogP contribution in [0.5, 0.6) is 0 Å². The molecule has 9 nitrogen and oxygen atoms in total. The molecule has 0 saturated carbocycles. The minimum absolute atomic E-state index is 0.190. The van der Waals surface area contributed by atoms with Crippen LogP contribution in [0.3, 0.4) is 0 Å². The van der Waals surface area contributed by atoms with Gasteiger partial charge in [-0.3, -0.25) is 4.72 Å². The molecule has 134 valence electrons. The number of nitriles is 1. The SMILES string of the molecule is N#CN1CC[C@@H](N2Cc3ccnc(N4CCOCC4)c3NS2(=O)=O)C1. The molecule has 3 aliphatic heterocycles. The second-order valence-electron chi connectivity index (χ2n) is 6.41. The molecule has 1 atom stereocenters. The minimum Gasteiger partial charge on any atom is -0.378 e. The fourth-order valence-electron chi connectivity index (χ4n) is 3.58. The second kappa shape index (κ2) is 6.33. The van der Waals surface area contributed by atoms with E-state index in [1.54, 1.807) is 11.1 Å². The summed E-state index contributed by atoms with van der Waals surface area (Å²) in [5, 5.41) is 9.02. The molecule has 2 fully saturated rings. The van der Waals surface area contributed by atoms with Crippen molar-refractivity contribution in [3.63, 3.8) is 0 Å². The quantitative estimate of drug-likeness (QED) is 0.734. The number of likely N-dealkylation sites (tertiary alicyclic amines) is 1. The van der Waals surface area contributed by atoms with E-state index < -0.39 is 10.2 Å². The molecule has 0 amide bonds. The van der Waals surface area contributed by atoms with E-state index >= 15 is 0 Å². The summed E-state index contributed by atoms with van der Waals surface area (Å²) in [6, 6.07) is 1.66. The summed E-state index contributed by atoms with van der Waals surface area (Å²) in [5.74, 6) is 0.661. The first-order valence-corrected chi connectivity index (χ1v) is 9.77. The number of ether oxygens (including phenoxy) is 1. The van der Waals surface area contributed by atoms with Gasteiger partial charge in [-0.1, -0.05) is 0 Å². The van der Waals surface area contributed by atoms with Crippen molar-refractivity contribution >= 4 is 21.7 Å². The van der Waals surface area contributed by atoms with Crippen LogP contribution in [-0.4, -0.2) is 68.0 Å². The number of nitrogens with one attached hydrogen (secondary N) is 1. The molecule has 0 aliphatic carbocycles. The molecule has 0 aromatic carbocycles. The molecule has 1 N–H and O–H groups in total. The van der Waals surface area contributed by atoms with Gasteiger partial charge in [0.25, 0.3) is 0 Å². The first-order valence-electron chi connectivity index (χ1n) is 8.33. The number of anilines is 2. The Morgan fingerprint density at radius 2 is 2.12 bits per heavy atom. The molecule has 2 saturated heterocycles. The predicted molar refractivity (Wildman–Crippen MR) is 90.9 cm³/mol. The highest BCUT2D eigenvalue weighted by atomic mass is 32.2. The number of hydrogen-bond acceptors (Lipinski definition) is 7. The Hall–Kier alpha value is -2.09. The van der Waals surface area contributed by atoms with Gasteiger partial charge in [0.15, 0.2) is 12.0 Å². The summed E-state index contributed by atoms with van der Waals surface area (Å²) in [4.78, 5) is 8.05. The van der Waals surface area contributed by atoms with Crippen molar-refractivity contribution in [3.05, 3.63) is 17.8 Å². The van der Waals surface area contributed by atoms with Crippen LogP contribution in [0, 0.1) is 11.5 Å². The molecule has 4 rings (SSSR count). The first-order chi connectivity index (χ1) is 12.1. The van der Waals surface area contributed by atoms with Crippen molar-refractivity contribution in [1.82, 2.24) is 14.2 Å². The molecule has 0 spiro atoms. The van der Waals surface area contributed by atoms with E-state index in [0.29, 0.717) is 63.9 Å². The smallest absolute Gasteiger partial charge is 0.302 e. The van der Waals surface area contributed by atoms with Crippen molar-refractivity contribution in [1.29, 1.82) is 5.26 Å². The van der Waals surface area contributed by atoms with Crippen LogP contribution in [0.15, 0.2) is 12.3 Å². The van der Waals surface area contributed by atoms with E-state index in [-0.39, 0.29) is 6.04 Å². The highest BCUT2D eigenvalue weighted by Crippen LogP contribution is 2.36. The third-order valence-electron chi connectivity index (χ3n) is 4.91. The number of rotatable bonds is 2. The third kappa shape index (κ3) is 2.99. The summed E-state index contributed by atoms with van der Waals surface area (Å²) in [5.41, 5.74) is 1.47. The Labute approximate surface area is 147 Å². The fraction of sp³-hybridized carbons (Fsp3) is 0.600. The molecule has 4 heterocycles. The molecular weight excluding hydrogens is 344 g/mol.